The van der Waals surface area contributed by atoms with Crippen LogP contribution in [0, 0.1) is 5.82 Å². The highest BCUT2D eigenvalue weighted by Gasteiger charge is 2.36. The molecule has 1 aromatic rings. The van der Waals surface area contributed by atoms with E-state index in [-0.39, 0.29) is 17.9 Å². The lowest BCUT2D eigenvalue weighted by Gasteiger charge is -2.24. The number of rotatable bonds is 0. The molecule has 0 spiro atoms. The van der Waals surface area contributed by atoms with Crippen LogP contribution in [-0.2, 0) is 6.18 Å². The van der Waals surface area contributed by atoms with Gasteiger partial charge in [-0.15, -0.1) is 0 Å². The van der Waals surface area contributed by atoms with Gasteiger partial charge in [0.15, 0.2) is 0 Å². The Labute approximate surface area is 89.0 Å². The Morgan fingerprint density at radius 3 is 2.62 bits per heavy atom. The second kappa shape index (κ2) is 3.62. The van der Waals surface area contributed by atoms with Gasteiger partial charge in [-0.2, -0.15) is 13.2 Å². The smallest absolute Gasteiger partial charge is 0.419 e. The van der Waals surface area contributed by atoms with Crippen LogP contribution in [0.4, 0.5) is 17.6 Å². The molecule has 0 bridgehead atoms. The number of fused-ring (bicyclic) bond motifs is 1. The quantitative estimate of drug-likeness (QED) is 0.701. The summed E-state index contributed by atoms with van der Waals surface area (Å²) in [6, 6.07) is 1.01. The van der Waals surface area contributed by atoms with E-state index in [1.807, 2.05) is 0 Å². The molecule has 1 aliphatic rings. The summed E-state index contributed by atoms with van der Waals surface area (Å²) in [7, 11) is 0. The zero-order valence-electron chi connectivity index (χ0n) is 8.14. The van der Waals surface area contributed by atoms with E-state index in [2.05, 4.69) is 0 Å². The maximum atomic E-state index is 13.2. The van der Waals surface area contributed by atoms with Gasteiger partial charge in [-0.3, -0.25) is 0 Å². The first kappa shape index (κ1) is 11.2. The zero-order chi connectivity index (χ0) is 11.9. The van der Waals surface area contributed by atoms with E-state index in [4.69, 9.17) is 10.5 Å². The van der Waals surface area contributed by atoms with Gasteiger partial charge in [-0.1, -0.05) is 0 Å². The SMILES string of the molecule is N[C@H]1CCOc2cc(C(F)(F)F)c(F)cc21. The maximum absolute atomic E-state index is 13.2. The topological polar surface area (TPSA) is 35.2 Å². The van der Waals surface area contributed by atoms with E-state index in [9.17, 15) is 17.6 Å². The summed E-state index contributed by atoms with van der Waals surface area (Å²) in [4.78, 5) is 0. The monoisotopic (exact) mass is 235 g/mol. The highest BCUT2D eigenvalue weighted by atomic mass is 19.4. The number of hydrogen-bond acceptors (Lipinski definition) is 2. The zero-order valence-corrected chi connectivity index (χ0v) is 8.14. The standard InChI is InChI=1S/C10H9F4NO/c11-7-3-5-8(15)1-2-16-9(5)4-6(7)10(12,13)14/h3-4,8H,1-2,15H2/t8-/m0/s1. The van der Waals surface area contributed by atoms with E-state index >= 15 is 0 Å². The molecule has 1 heterocycles. The molecule has 0 aromatic heterocycles. The minimum Gasteiger partial charge on any atom is -0.493 e. The summed E-state index contributed by atoms with van der Waals surface area (Å²) in [6.07, 6.45) is -4.25. The molecule has 0 fully saturated rings. The van der Waals surface area contributed by atoms with Crippen LogP contribution in [0.1, 0.15) is 23.6 Å². The average Bonchev–Trinajstić information content (AvgIpc) is 2.17. The number of ether oxygens (including phenoxy) is 1. The molecule has 0 aliphatic carbocycles. The Morgan fingerprint density at radius 2 is 2.00 bits per heavy atom. The van der Waals surface area contributed by atoms with Crippen molar-refractivity contribution in [2.45, 2.75) is 18.6 Å². The molecule has 0 radical (unpaired) electrons. The third-order valence-corrected chi connectivity index (χ3v) is 2.49. The Hall–Kier alpha value is -1.30. The Bertz CT molecular complexity index is 416. The van der Waals surface area contributed by atoms with Crippen LogP contribution >= 0.6 is 0 Å². The second-order valence-electron chi connectivity index (χ2n) is 3.61. The van der Waals surface area contributed by atoms with Crippen molar-refractivity contribution < 1.29 is 22.3 Å². The lowest BCUT2D eigenvalue weighted by Crippen LogP contribution is -2.22. The molecule has 88 valence electrons. The van der Waals surface area contributed by atoms with E-state index in [1.54, 1.807) is 0 Å². The van der Waals surface area contributed by atoms with Crippen LogP contribution in [-0.4, -0.2) is 6.61 Å². The number of halogens is 4. The maximum Gasteiger partial charge on any atom is 0.419 e. The predicted octanol–water partition coefficient (Wildman–Crippen LogP) is 2.63. The molecule has 1 atom stereocenters. The van der Waals surface area contributed by atoms with Crippen molar-refractivity contribution in [1.82, 2.24) is 0 Å². The molecule has 2 rings (SSSR count). The number of hydrogen-bond donors (Lipinski definition) is 1. The van der Waals surface area contributed by atoms with E-state index in [1.165, 1.54) is 0 Å². The van der Waals surface area contributed by atoms with Gasteiger partial charge in [0.1, 0.15) is 11.6 Å². The van der Waals surface area contributed by atoms with Gasteiger partial charge in [0.25, 0.3) is 0 Å². The number of nitrogens with two attached hydrogens (primary N) is 1. The largest absolute Gasteiger partial charge is 0.493 e. The van der Waals surface area contributed by atoms with Crippen molar-refractivity contribution in [1.29, 1.82) is 0 Å². The molecule has 1 aliphatic heterocycles. The van der Waals surface area contributed by atoms with Crippen molar-refractivity contribution in [2.75, 3.05) is 6.61 Å². The lowest BCUT2D eigenvalue weighted by molar-refractivity contribution is -0.140. The first-order valence-corrected chi connectivity index (χ1v) is 4.68. The molecule has 6 heteroatoms. The van der Waals surface area contributed by atoms with Crippen LogP contribution in [0.25, 0.3) is 0 Å². The lowest BCUT2D eigenvalue weighted by atomic mass is 9.99. The minimum atomic E-state index is -4.72. The van der Waals surface area contributed by atoms with E-state index in [0.29, 0.717) is 12.5 Å². The van der Waals surface area contributed by atoms with Gasteiger partial charge in [0.2, 0.25) is 0 Å². The third kappa shape index (κ3) is 1.84. The van der Waals surface area contributed by atoms with Crippen LogP contribution < -0.4 is 10.5 Å². The highest BCUT2D eigenvalue weighted by molar-refractivity contribution is 5.42. The average molecular weight is 235 g/mol. The molecule has 0 saturated carbocycles. The molecule has 0 saturated heterocycles. The van der Waals surface area contributed by atoms with Crippen LogP contribution in [0.3, 0.4) is 0 Å². The van der Waals surface area contributed by atoms with Crippen molar-refractivity contribution in [3.63, 3.8) is 0 Å². The third-order valence-electron chi connectivity index (χ3n) is 2.49. The van der Waals surface area contributed by atoms with Crippen molar-refractivity contribution in [3.8, 4) is 5.75 Å². The Kier molecular flexibility index (Phi) is 2.53. The van der Waals surface area contributed by atoms with Crippen LogP contribution in [0.2, 0.25) is 0 Å². The van der Waals surface area contributed by atoms with Gasteiger partial charge >= 0.3 is 6.18 Å². The molecule has 0 unspecified atom stereocenters. The molecular weight excluding hydrogens is 226 g/mol. The first-order valence-electron chi connectivity index (χ1n) is 4.68. The summed E-state index contributed by atoms with van der Waals surface area (Å²) in [5, 5.41) is 0. The summed E-state index contributed by atoms with van der Waals surface area (Å²) in [6.45, 7) is 0.247. The van der Waals surface area contributed by atoms with Crippen LogP contribution in [0.15, 0.2) is 12.1 Å². The fourth-order valence-electron chi connectivity index (χ4n) is 1.65. The fraction of sp³-hybridized carbons (Fsp3) is 0.400. The normalized spacial score (nSPS) is 20.2. The summed E-state index contributed by atoms with van der Waals surface area (Å²) >= 11 is 0. The number of alkyl halides is 3. The summed E-state index contributed by atoms with van der Waals surface area (Å²) < 4.78 is 55.4. The van der Waals surface area contributed by atoms with Gasteiger partial charge in [0.05, 0.1) is 12.2 Å². The van der Waals surface area contributed by atoms with Crippen molar-refractivity contribution in [2.24, 2.45) is 5.73 Å². The minimum absolute atomic E-state index is 0.0208. The number of benzene rings is 1. The first-order chi connectivity index (χ1) is 7.39. The molecular formula is C10H9F4NO. The second-order valence-corrected chi connectivity index (χ2v) is 3.61. The molecule has 16 heavy (non-hydrogen) atoms. The highest BCUT2D eigenvalue weighted by Crippen LogP contribution is 2.38. The molecule has 2 N–H and O–H groups in total. The summed E-state index contributed by atoms with van der Waals surface area (Å²) in [5.41, 5.74) is 4.62. The van der Waals surface area contributed by atoms with Crippen LogP contribution in [0.5, 0.6) is 5.75 Å². The van der Waals surface area contributed by atoms with Crippen molar-refractivity contribution in [3.05, 3.63) is 29.1 Å². The molecule has 1 aromatic carbocycles. The van der Waals surface area contributed by atoms with E-state index in [0.717, 1.165) is 6.07 Å². The molecule has 0 amide bonds. The Morgan fingerprint density at radius 1 is 1.31 bits per heavy atom. The van der Waals surface area contributed by atoms with Gasteiger partial charge in [-0.05, 0) is 12.1 Å². The van der Waals surface area contributed by atoms with E-state index < -0.39 is 23.6 Å². The van der Waals surface area contributed by atoms with Gasteiger partial charge < -0.3 is 10.5 Å². The summed E-state index contributed by atoms with van der Waals surface area (Å²) in [5.74, 6) is -1.29. The van der Waals surface area contributed by atoms with Crippen molar-refractivity contribution >= 4 is 0 Å². The van der Waals surface area contributed by atoms with Gasteiger partial charge in [0, 0.05) is 18.0 Å². The van der Waals surface area contributed by atoms with Gasteiger partial charge in [-0.25, -0.2) is 4.39 Å². The Balaban J connectivity index is 2.53. The fourth-order valence-corrected chi connectivity index (χ4v) is 1.65. The molecule has 2 nitrogen and oxygen atoms in total. The predicted molar refractivity (Wildman–Crippen MR) is 48.4 cm³/mol.